The number of benzene rings is 1. The molecule has 0 saturated heterocycles. The fourth-order valence-electron chi connectivity index (χ4n) is 2.11. The van der Waals surface area contributed by atoms with Gasteiger partial charge in [0.1, 0.15) is 5.52 Å². The number of oxazole rings is 1. The standard InChI is InChI=1S/C15H19N3O3/c1-20-7-6-16-9-14(19)17-11-4-5-13-12(8-11)18-15(21-13)10-2-3-10/h4-5,8,10,16H,2-3,6-7,9H2,1H3,(H,17,19). The van der Waals surface area contributed by atoms with Crippen molar-refractivity contribution in [1.29, 1.82) is 0 Å². The van der Waals surface area contributed by atoms with Crippen LogP contribution in [0.3, 0.4) is 0 Å². The van der Waals surface area contributed by atoms with E-state index < -0.39 is 0 Å². The molecule has 6 heteroatoms. The van der Waals surface area contributed by atoms with Crippen molar-refractivity contribution in [2.45, 2.75) is 18.8 Å². The molecule has 112 valence electrons. The van der Waals surface area contributed by atoms with E-state index in [-0.39, 0.29) is 12.5 Å². The van der Waals surface area contributed by atoms with Gasteiger partial charge in [0.2, 0.25) is 5.91 Å². The average Bonchev–Trinajstić information content (AvgIpc) is 3.24. The topological polar surface area (TPSA) is 76.4 Å². The minimum Gasteiger partial charge on any atom is -0.440 e. The number of carbonyl (C=O) groups excluding carboxylic acids is 1. The quantitative estimate of drug-likeness (QED) is 0.761. The number of nitrogens with zero attached hydrogens (tertiary/aromatic N) is 1. The summed E-state index contributed by atoms with van der Waals surface area (Å²) < 4.78 is 10.6. The van der Waals surface area contributed by atoms with Crippen molar-refractivity contribution in [2.75, 3.05) is 32.1 Å². The molecule has 1 fully saturated rings. The van der Waals surface area contributed by atoms with E-state index >= 15 is 0 Å². The van der Waals surface area contributed by atoms with Crippen LogP contribution >= 0.6 is 0 Å². The van der Waals surface area contributed by atoms with Crippen molar-refractivity contribution >= 4 is 22.7 Å². The van der Waals surface area contributed by atoms with Crippen molar-refractivity contribution in [3.05, 3.63) is 24.1 Å². The van der Waals surface area contributed by atoms with E-state index in [2.05, 4.69) is 15.6 Å². The van der Waals surface area contributed by atoms with Crippen LogP contribution in [0.2, 0.25) is 0 Å². The highest BCUT2D eigenvalue weighted by Crippen LogP contribution is 2.40. The van der Waals surface area contributed by atoms with Gasteiger partial charge in [-0.25, -0.2) is 4.98 Å². The van der Waals surface area contributed by atoms with E-state index in [1.807, 2.05) is 18.2 Å². The van der Waals surface area contributed by atoms with Crippen LogP contribution in [0.1, 0.15) is 24.7 Å². The molecular weight excluding hydrogens is 270 g/mol. The molecular formula is C15H19N3O3. The molecule has 0 aliphatic heterocycles. The molecule has 1 amide bonds. The third-order valence-electron chi connectivity index (χ3n) is 3.38. The lowest BCUT2D eigenvalue weighted by atomic mass is 10.3. The summed E-state index contributed by atoms with van der Waals surface area (Å²) >= 11 is 0. The van der Waals surface area contributed by atoms with Gasteiger partial charge < -0.3 is 19.8 Å². The molecule has 3 rings (SSSR count). The van der Waals surface area contributed by atoms with Gasteiger partial charge in [-0.05, 0) is 31.0 Å². The number of fused-ring (bicyclic) bond motifs is 1. The second kappa shape index (κ2) is 6.24. The summed E-state index contributed by atoms with van der Waals surface area (Å²) in [6, 6.07) is 5.52. The Morgan fingerprint density at radius 3 is 3.10 bits per heavy atom. The Kier molecular flexibility index (Phi) is 4.17. The fourth-order valence-corrected chi connectivity index (χ4v) is 2.11. The third-order valence-corrected chi connectivity index (χ3v) is 3.38. The van der Waals surface area contributed by atoms with Gasteiger partial charge in [-0.3, -0.25) is 4.79 Å². The van der Waals surface area contributed by atoms with Crippen LogP contribution in [0.25, 0.3) is 11.1 Å². The molecule has 1 aliphatic rings. The molecule has 6 nitrogen and oxygen atoms in total. The summed E-state index contributed by atoms with van der Waals surface area (Å²) in [7, 11) is 1.63. The van der Waals surface area contributed by atoms with Crippen LogP contribution in [0.4, 0.5) is 5.69 Å². The first-order valence-corrected chi connectivity index (χ1v) is 7.16. The zero-order valence-electron chi connectivity index (χ0n) is 12.0. The summed E-state index contributed by atoms with van der Waals surface area (Å²) in [6.45, 7) is 1.49. The van der Waals surface area contributed by atoms with Crippen LogP contribution in [0.15, 0.2) is 22.6 Å². The van der Waals surface area contributed by atoms with E-state index in [9.17, 15) is 4.79 Å². The number of methoxy groups -OCH3 is 1. The van der Waals surface area contributed by atoms with Gasteiger partial charge >= 0.3 is 0 Å². The smallest absolute Gasteiger partial charge is 0.238 e. The molecule has 0 radical (unpaired) electrons. The lowest BCUT2D eigenvalue weighted by Crippen LogP contribution is -2.30. The predicted octanol–water partition coefficient (Wildman–Crippen LogP) is 1.88. The first kappa shape index (κ1) is 14.0. The van der Waals surface area contributed by atoms with Crippen molar-refractivity contribution in [1.82, 2.24) is 10.3 Å². The predicted molar refractivity (Wildman–Crippen MR) is 79.4 cm³/mol. The molecule has 1 heterocycles. The van der Waals surface area contributed by atoms with Crippen molar-refractivity contribution in [3.8, 4) is 0 Å². The molecule has 0 unspecified atom stereocenters. The minimum atomic E-state index is -0.0867. The molecule has 0 spiro atoms. The van der Waals surface area contributed by atoms with Crippen LogP contribution in [-0.2, 0) is 9.53 Å². The van der Waals surface area contributed by atoms with Gasteiger partial charge in [0, 0.05) is 25.3 Å². The highest BCUT2D eigenvalue weighted by Gasteiger charge is 2.28. The van der Waals surface area contributed by atoms with Gasteiger partial charge in [-0.2, -0.15) is 0 Å². The second-order valence-corrected chi connectivity index (χ2v) is 5.23. The minimum absolute atomic E-state index is 0.0867. The molecule has 21 heavy (non-hydrogen) atoms. The van der Waals surface area contributed by atoms with Crippen molar-refractivity contribution < 1.29 is 13.9 Å². The maximum Gasteiger partial charge on any atom is 0.238 e. The Bertz CT molecular complexity index is 634. The average molecular weight is 289 g/mol. The highest BCUT2D eigenvalue weighted by atomic mass is 16.5. The number of hydrogen-bond acceptors (Lipinski definition) is 5. The molecule has 0 bridgehead atoms. The van der Waals surface area contributed by atoms with Gasteiger partial charge in [0.05, 0.1) is 13.2 Å². The molecule has 0 atom stereocenters. The number of hydrogen-bond donors (Lipinski definition) is 2. The molecule has 1 saturated carbocycles. The van der Waals surface area contributed by atoms with Crippen LogP contribution < -0.4 is 10.6 Å². The SMILES string of the molecule is COCCNCC(=O)Nc1ccc2oc(C3CC3)nc2c1. The van der Waals surface area contributed by atoms with E-state index in [4.69, 9.17) is 9.15 Å². The van der Waals surface area contributed by atoms with Crippen LogP contribution in [0.5, 0.6) is 0 Å². The van der Waals surface area contributed by atoms with Gasteiger partial charge in [0.15, 0.2) is 11.5 Å². The fraction of sp³-hybridized carbons (Fsp3) is 0.467. The van der Waals surface area contributed by atoms with Gasteiger partial charge in [-0.15, -0.1) is 0 Å². The van der Waals surface area contributed by atoms with E-state index in [1.54, 1.807) is 7.11 Å². The summed E-state index contributed by atoms with van der Waals surface area (Å²) in [5.74, 6) is 1.21. The molecule has 2 N–H and O–H groups in total. The Morgan fingerprint density at radius 2 is 2.33 bits per heavy atom. The van der Waals surface area contributed by atoms with Crippen LogP contribution in [-0.4, -0.2) is 37.7 Å². The number of carbonyl (C=O) groups is 1. The Balaban J connectivity index is 1.59. The Hall–Kier alpha value is -1.92. The Labute approximate surface area is 122 Å². The van der Waals surface area contributed by atoms with E-state index in [1.165, 1.54) is 0 Å². The lowest BCUT2D eigenvalue weighted by Gasteiger charge is -2.06. The zero-order valence-corrected chi connectivity index (χ0v) is 12.0. The second-order valence-electron chi connectivity index (χ2n) is 5.23. The molecule has 1 aromatic carbocycles. The molecule has 2 aromatic rings. The number of nitrogens with one attached hydrogen (secondary N) is 2. The Morgan fingerprint density at radius 1 is 1.48 bits per heavy atom. The molecule has 1 aliphatic carbocycles. The monoisotopic (exact) mass is 289 g/mol. The highest BCUT2D eigenvalue weighted by molar-refractivity contribution is 5.94. The van der Waals surface area contributed by atoms with E-state index in [0.29, 0.717) is 19.1 Å². The normalized spacial score (nSPS) is 14.5. The number of amides is 1. The van der Waals surface area contributed by atoms with Crippen molar-refractivity contribution in [3.63, 3.8) is 0 Å². The summed E-state index contributed by atoms with van der Waals surface area (Å²) in [5, 5.41) is 5.84. The van der Waals surface area contributed by atoms with Crippen molar-refractivity contribution in [2.24, 2.45) is 0 Å². The summed E-state index contributed by atoms with van der Waals surface area (Å²) in [4.78, 5) is 16.3. The number of anilines is 1. The number of aromatic nitrogens is 1. The zero-order chi connectivity index (χ0) is 14.7. The maximum absolute atomic E-state index is 11.8. The first-order chi connectivity index (χ1) is 10.3. The third kappa shape index (κ3) is 3.59. The van der Waals surface area contributed by atoms with Gasteiger partial charge in [0.25, 0.3) is 0 Å². The lowest BCUT2D eigenvalue weighted by molar-refractivity contribution is -0.115. The van der Waals surface area contributed by atoms with Gasteiger partial charge in [-0.1, -0.05) is 0 Å². The summed E-state index contributed by atoms with van der Waals surface area (Å²) in [5.41, 5.74) is 2.30. The number of ether oxygens (including phenoxy) is 1. The molecule has 1 aromatic heterocycles. The summed E-state index contributed by atoms with van der Waals surface area (Å²) in [6.07, 6.45) is 2.31. The number of rotatable bonds is 7. The van der Waals surface area contributed by atoms with E-state index in [0.717, 1.165) is 35.5 Å². The van der Waals surface area contributed by atoms with Crippen LogP contribution in [0, 0.1) is 0 Å². The largest absolute Gasteiger partial charge is 0.440 e. The maximum atomic E-state index is 11.8. The first-order valence-electron chi connectivity index (χ1n) is 7.16.